The van der Waals surface area contributed by atoms with Crippen molar-refractivity contribution < 1.29 is 24.2 Å². The number of fused-ring (bicyclic) bond motifs is 1. The molecule has 0 bridgehead atoms. The Kier molecular flexibility index (Phi) is 10.00. The van der Waals surface area contributed by atoms with Crippen molar-refractivity contribution >= 4 is 35.3 Å². The molecule has 45 heavy (non-hydrogen) atoms. The van der Waals surface area contributed by atoms with E-state index >= 15 is 0 Å². The molecule has 11 heteroatoms. The van der Waals surface area contributed by atoms with Crippen molar-refractivity contribution in [1.82, 2.24) is 20.0 Å². The highest BCUT2D eigenvalue weighted by Gasteiger charge is 2.36. The maximum atomic E-state index is 13.9. The molecule has 0 radical (unpaired) electrons. The van der Waals surface area contributed by atoms with Crippen LogP contribution < -0.4 is 10.6 Å². The van der Waals surface area contributed by atoms with Crippen molar-refractivity contribution in [2.45, 2.75) is 63.5 Å². The first-order valence-electron chi connectivity index (χ1n) is 16.4. The van der Waals surface area contributed by atoms with Gasteiger partial charge in [0.2, 0.25) is 0 Å². The van der Waals surface area contributed by atoms with E-state index in [4.69, 9.17) is 16.3 Å². The van der Waals surface area contributed by atoms with Crippen LogP contribution in [0.2, 0.25) is 5.02 Å². The largest absolute Gasteiger partial charge is 0.506 e. The maximum absolute atomic E-state index is 13.9. The van der Waals surface area contributed by atoms with Crippen LogP contribution in [0.25, 0.3) is 0 Å². The normalized spacial score (nSPS) is 21.1. The molecular formula is C34H44ClN5O5. The third kappa shape index (κ3) is 7.49. The third-order valence-corrected chi connectivity index (χ3v) is 10.5. The molecule has 0 saturated carbocycles. The first-order chi connectivity index (χ1) is 21.9. The lowest BCUT2D eigenvalue weighted by Crippen LogP contribution is -2.52. The van der Waals surface area contributed by atoms with Gasteiger partial charge >= 0.3 is 12.1 Å². The first-order valence-corrected chi connectivity index (χ1v) is 16.8. The van der Waals surface area contributed by atoms with E-state index in [9.17, 15) is 19.5 Å². The summed E-state index contributed by atoms with van der Waals surface area (Å²) in [6.07, 6.45) is 5.00. The standard InChI is InChI=1S/C34H44ClN5O5/c35-28-21-23(5-6-30(28)41)22-31(32(42)38-16-9-25(10-17-38)24-7-14-36-15-8-24)45-34(44)39-18-12-27(13-19-39)40-20-11-26-3-1-2-4-29(26)37-33(40)43/h1-6,21,24-25,27,31,36,41H,7-20,22H2,(H,37,43)/t31-/m1/s1. The number of para-hydroxylation sites is 1. The van der Waals surface area contributed by atoms with Crippen LogP contribution in [0.15, 0.2) is 42.5 Å². The van der Waals surface area contributed by atoms with Crippen LogP contribution >= 0.6 is 11.6 Å². The Morgan fingerprint density at radius 2 is 1.60 bits per heavy atom. The van der Waals surface area contributed by atoms with Gasteiger partial charge in [-0.25, -0.2) is 9.59 Å². The van der Waals surface area contributed by atoms with Crippen LogP contribution in [0.5, 0.6) is 5.75 Å². The summed E-state index contributed by atoms with van der Waals surface area (Å²) in [4.78, 5) is 45.8. The molecule has 2 aromatic rings. The minimum absolute atomic E-state index is 0.0150. The number of amides is 4. The van der Waals surface area contributed by atoms with Crippen molar-refractivity contribution in [2.24, 2.45) is 11.8 Å². The Morgan fingerprint density at radius 3 is 2.33 bits per heavy atom. The monoisotopic (exact) mass is 637 g/mol. The second kappa shape index (κ2) is 14.3. The lowest BCUT2D eigenvalue weighted by atomic mass is 9.79. The quantitative estimate of drug-likeness (QED) is 0.416. The number of likely N-dealkylation sites (tertiary alicyclic amines) is 2. The number of nitrogens with one attached hydrogen (secondary N) is 2. The molecule has 242 valence electrons. The maximum Gasteiger partial charge on any atom is 0.410 e. The molecule has 0 spiro atoms. The van der Waals surface area contributed by atoms with Crippen LogP contribution in [0.4, 0.5) is 15.3 Å². The van der Waals surface area contributed by atoms with Gasteiger partial charge in [0.1, 0.15) is 5.75 Å². The average Bonchev–Trinajstić information content (AvgIpc) is 3.24. The van der Waals surface area contributed by atoms with Gasteiger partial charge in [-0.1, -0.05) is 35.9 Å². The lowest BCUT2D eigenvalue weighted by Gasteiger charge is -2.39. The zero-order valence-electron chi connectivity index (χ0n) is 25.8. The van der Waals surface area contributed by atoms with Gasteiger partial charge in [0, 0.05) is 50.9 Å². The summed E-state index contributed by atoms with van der Waals surface area (Å²) in [6, 6.07) is 12.6. The molecule has 0 aliphatic carbocycles. The Balaban J connectivity index is 1.07. The lowest BCUT2D eigenvalue weighted by molar-refractivity contribution is -0.142. The van der Waals surface area contributed by atoms with Gasteiger partial charge in [0.05, 0.1) is 5.02 Å². The fraction of sp³-hybridized carbons (Fsp3) is 0.559. The molecule has 2 aromatic carbocycles. The summed E-state index contributed by atoms with van der Waals surface area (Å²) in [5, 5.41) is 16.6. The number of carbonyl (C=O) groups excluding carboxylic acids is 3. The summed E-state index contributed by atoms with van der Waals surface area (Å²) >= 11 is 6.17. The number of phenols is 1. The number of phenolic OH excluding ortho intramolecular Hbond substituents is 1. The number of nitrogens with zero attached hydrogens (tertiary/aromatic N) is 3. The van der Waals surface area contributed by atoms with Gasteiger partial charge in [-0.05, 0) is 99.2 Å². The van der Waals surface area contributed by atoms with E-state index in [2.05, 4.69) is 10.6 Å². The molecule has 10 nitrogen and oxygen atoms in total. The van der Waals surface area contributed by atoms with E-state index in [0.29, 0.717) is 63.0 Å². The molecule has 4 heterocycles. The molecule has 0 unspecified atom stereocenters. The number of halogens is 1. The van der Waals surface area contributed by atoms with E-state index in [-0.39, 0.29) is 35.2 Å². The van der Waals surface area contributed by atoms with Crippen molar-refractivity contribution in [3.8, 4) is 5.75 Å². The molecular weight excluding hydrogens is 594 g/mol. The zero-order valence-corrected chi connectivity index (χ0v) is 26.5. The Labute approximate surface area is 270 Å². The summed E-state index contributed by atoms with van der Waals surface area (Å²) < 4.78 is 5.98. The molecule has 3 saturated heterocycles. The number of urea groups is 1. The number of aromatic hydroxyl groups is 1. The Morgan fingerprint density at radius 1 is 0.911 bits per heavy atom. The van der Waals surface area contributed by atoms with E-state index < -0.39 is 12.2 Å². The number of rotatable bonds is 6. The molecule has 4 amide bonds. The van der Waals surface area contributed by atoms with Gasteiger partial charge in [0.25, 0.3) is 5.91 Å². The molecule has 0 aromatic heterocycles. The summed E-state index contributed by atoms with van der Waals surface area (Å²) in [6.45, 7) is 4.94. The van der Waals surface area contributed by atoms with Gasteiger partial charge in [-0.15, -0.1) is 0 Å². The van der Waals surface area contributed by atoms with Crippen molar-refractivity contribution in [3.63, 3.8) is 0 Å². The van der Waals surface area contributed by atoms with Gasteiger partial charge in [-0.3, -0.25) is 4.79 Å². The predicted octanol–water partition coefficient (Wildman–Crippen LogP) is 4.89. The second-order valence-corrected chi connectivity index (χ2v) is 13.3. The minimum Gasteiger partial charge on any atom is -0.506 e. The number of ether oxygens (including phenoxy) is 1. The summed E-state index contributed by atoms with van der Waals surface area (Å²) in [5.41, 5.74) is 2.68. The fourth-order valence-electron chi connectivity index (χ4n) is 7.48. The molecule has 4 aliphatic rings. The first kappa shape index (κ1) is 31.5. The van der Waals surface area contributed by atoms with Crippen LogP contribution in [-0.4, -0.2) is 95.8 Å². The fourth-order valence-corrected chi connectivity index (χ4v) is 7.68. The highest BCUT2D eigenvalue weighted by atomic mass is 35.5. The van der Waals surface area contributed by atoms with Crippen molar-refractivity contribution in [2.75, 3.05) is 51.1 Å². The van der Waals surface area contributed by atoms with Gasteiger partial charge < -0.3 is 35.2 Å². The summed E-state index contributed by atoms with van der Waals surface area (Å²) in [7, 11) is 0. The van der Waals surface area contributed by atoms with Crippen LogP contribution in [0.3, 0.4) is 0 Å². The third-order valence-electron chi connectivity index (χ3n) is 10.2. The molecule has 6 rings (SSSR count). The van der Waals surface area contributed by atoms with Crippen LogP contribution in [0, 0.1) is 11.8 Å². The SMILES string of the molecule is O=C(O[C@H](Cc1ccc(O)c(Cl)c1)C(=O)N1CCC(C2CCNCC2)CC1)N1CCC(N2CCc3ccccc3NC2=O)CC1. The number of hydrogen-bond acceptors (Lipinski definition) is 6. The summed E-state index contributed by atoms with van der Waals surface area (Å²) in [5.74, 6) is 1.10. The number of anilines is 1. The van der Waals surface area contributed by atoms with E-state index in [1.165, 1.54) is 18.9 Å². The predicted molar refractivity (Wildman–Crippen MR) is 172 cm³/mol. The number of carbonyl (C=O) groups is 3. The van der Waals surface area contributed by atoms with Gasteiger partial charge in [-0.2, -0.15) is 0 Å². The highest BCUT2D eigenvalue weighted by molar-refractivity contribution is 6.32. The Bertz CT molecular complexity index is 1370. The van der Waals surface area contributed by atoms with Crippen LogP contribution in [0.1, 0.15) is 49.7 Å². The van der Waals surface area contributed by atoms with Crippen LogP contribution in [-0.2, 0) is 22.4 Å². The topological polar surface area (TPSA) is 114 Å². The molecule has 4 aliphatic heterocycles. The number of benzene rings is 2. The Hall–Kier alpha value is -3.50. The average molecular weight is 638 g/mol. The molecule has 1 atom stereocenters. The zero-order chi connectivity index (χ0) is 31.3. The minimum atomic E-state index is -0.999. The van der Waals surface area contributed by atoms with E-state index in [1.54, 1.807) is 17.0 Å². The van der Waals surface area contributed by atoms with E-state index in [0.717, 1.165) is 43.6 Å². The van der Waals surface area contributed by atoms with Gasteiger partial charge in [0.15, 0.2) is 6.10 Å². The van der Waals surface area contributed by atoms with E-state index in [1.807, 2.05) is 34.1 Å². The molecule has 3 fully saturated rings. The van der Waals surface area contributed by atoms with Crippen molar-refractivity contribution in [1.29, 1.82) is 0 Å². The molecule has 3 N–H and O–H groups in total. The number of piperidine rings is 3. The number of hydrogen-bond donors (Lipinski definition) is 3. The second-order valence-electron chi connectivity index (χ2n) is 12.9. The highest BCUT2D eigenvalue weighted by Crippen LogP contribution is 2.32. The smallest absolute Gasteiger partial charge is 0.410 e. The van der Waals surface area contributed by atoms with Crippen molar-refractivity contribution in [3.05, 3.63) is 58.6 Å².